The summed E-state index contributed by atoms with van der Waals surface area (Å²) in [5.41, 5.74) is 3.13. The van der Waals surface area contributed by atoms with Crippen LogP contribution in [0.4, 0.5) is 0 Å². The maximum atomic E-state index is 12.8. The van der Waals surface area contributed by atoms with Crippen LogP contribution in [0.5, 0.6) is 0 Å². The van der Waals surface area contributed by atoms with Crippen LogP contribution in [-0.2, 0) is 20.7 Å². The number of Topliss-reactive ketones (excluding diaryl/α,β-unsaturated/α-hetero) is 1. The highest BCUT2D eigenvalue weighted by atomic mass is 16.5. The molecule has 33 heavy (non-hydrogen) atoms. The number of amides is 1. The summed E-state index contributed by atoms with van der Waals surface area (Å²) in [5, 5.41) is 4.01. The quantitative estimate of drug-likeness (QED) is 0.387. The number of nitrogens with zero attached hydrogens (tertiary/aromatic N) is 3. The minimum absolute atomic E-state index is 0.0642. The van der Waals surface area contributed by atoms with Crippen molar-refractivity contribution in [1.29, 1.82) is 0 Å². The standard InChI is InChI=1S/C25H27N3O5/c1-16-11-21(18(3)28(16)23-12-17(2)33-26-23)22(29)15-32-25(31)20-13-24(30)27(14-20)10-9-19-7-5-4-6-8-19/h4-8,11-12,20H,9-10,13-15H2,1-3H3. The van der Waals surface area contributed by atoms with Crippen LogP contribution in [0.15, 0.2) is 47.0 Å². The fourth-order valence-corrected chi connectivity index (χ4v) is 4.24. The van der Waals surface area contributed by atoms with Crippen molar-refractivity contribution in [2.75, 3.05) is 19.7 Å². The summed E-state index contributed by atoms with van der Waals surface area (Å²) in [7, 11) is 0. The predicted octanol–water partition coefficient (Wildman–Crippen LogP) is 3.21. The average molecular weight is 450 g/mol. The maximum Gasteiger partial charge on any atom is 0.311 e. The average Bonchev–Trinajstić information content (AvgIpc) is 3.47. The lowest BCUT2D eigenvalue weighted by atomic mass is 10.1. The molecule has 1 aliphatic heterocycles. The summed E-state index contributed by atoms with van der Waals surface area (Å²) in [4.78, 5) is 39.3. The molecule has 2 aromatic heterocycles. The largest absolute Gasteiger partial charge is 0.457 e. The summed E-state index contributed by atoms with van der Waals surface area (Å²) < 4.78 is 12.3. The number of ketones is 1. The fourth-order valence-electron chi connectivity index (χ4n) is 4.24. The molecule has 3 heterocycles. The topological polar surface area (TPSA) is 94.6 Å². The van der Waals surface area contributed by atoms with Crippen LogP contribution in [0.25, 0.3) is 5.82 Å². The number of hydrogen-bond donors (Lipinski definition) is 0. The molecule has 0 N–H and O–H groups in total. The maximum absolute atomic E-state index is 12.8. The third kappa shape index (κ3) is 4.89. The zero-order chi connectivity index (χ0) is 23.5. The molecule has 8 heteroatoms. The molecule has 1 aromatic carbocycles. The van der Waals surface area contributed by atoms with Crippen LogP contribution in [0.3, 0.4) is 0 Å². The van der Waals surface area contributed by atoms with Gasteiger partial charge in [0, 0.05) is 42.5 Å². The first kappa shape index (κ1) is 22.5. The minimum Gasteiger partial charge on any atom is -0.457 e. The van der Waals surface area contributed by atoms with Gasteiger partial charge in [-0.25, -0.2) is 0 Å². The van der Waals surface area contributed by atoms with Gasteiger partial charge in [-0.05, 0) is 38.8 Å². The molecule has 0 saturated carbocycles. The number of hydrogen-bond acceptors (Lipinski definition) is 6. The molecule has 0 spiro atoms. The van der Waals surface area contributed by atoms with E-state index in [-0.39, 0.29) is 24.7 Å². The van der Waals surface area contributed by atoms with Gasteiger partial charge in [0.25, 0.3) is 0 Å². The molecular weight excluding hydrogens is 422 g/mol. The molecule has 1 atom stereocenters. The summed E-state index contributed by atoms with van der Waals surface area (Å²) >= 11 is 0. The van der Waals surface area contributed by atoms with Gasteiger partial charge < -0.3 is 14.2 Å². The Morgan fingerprint density at radius 3 is 2.61 bits per heavy atom. The van der Waals surface area contributed by atoms with Crippen molar-refractivity contribution >= 4 is 17.7 Å². The van der Waals surface area contributed by atoms with Crippen molar-refractivity contribution in [2.45, 2.75) is 33.6 Å². The van der Waals surface area contributed by atoms with Crippen LogP contribution >= 0.6 is 0 Å². The molecule has 3 aromatic rings. The molecule has 0 aliphatic carbocycles. The highest BCUT2D eigenvalue weighted by Crippen LogP contribution is 2.23. The lowest BCUT2D eigenvalue weighted by molar-refractivity contribution is -0.147. The van der Waals surface area contributed by atoms with Gasteiger partial charge in [-0.15, -0.1) is 0 Å². The lowest BCUT2D eigenvalue weighted by Gasteiger charge is -2.16. The van der Waals surface area contributed by atoms with E-state index in [1.807, 2.05) is 48.7 Å². The molecule has 1 fully saturated rings. The van der Waals surface area contributed by atoms with Crippen molar-refractivity contribution in [3.8, 4) is 5.82 Å². The van der Waals surface area contributed by atoms with E-state index in [2.05, 4.69) is 5.16 Å². The van der Waals surface area contributed by atoms with Crippen LogP contribution in [0.2, 0.25) is 0 Å². The van der Waals surface area contributed by atoms with Crippen molar-refractivity contribution in [1.82, 2.24) is 14.6 Å². The van der Waals surface area contributed by atoms with E-state index in [1.54, 1.807) is 24.0 Å². The second-order valence-corrected chi connectivity index (χ2v) is 8.42. The SMILES string of the molecule is Cc1cc(-n2c(C)cc(C(=O)COC(=O)C3CC(=O)N(CCc4ccccc4)C3)c2C)no1. The molecule has 1 saturated heterocycles. The number of benzene rings is 1. The first-order valence-electron chi connectivity index (χ1n) is 11.0. The normalized spacial score (nSPS) is 15.8. The highest BCUT2D eigenvalue weighted by Gasteiger charge is 2.35. The predicted molar refractivity (Wildman–Crippen MR) is 120 cm³/mol. The van der Waals surface area contributed by atoms with E-state index in [9.17, 15) is 14.4 Å². The van der Waals surface area contributed by atoms with Crippen molar-refractivity contribution in [2.24, 2.45) is 5.92 Å². The Bertz CT molecular complexity index is 1180. The monoisotopic (exact) mass is 449 g/mol. The second kappa shape index (κ2) is 9.44. The number of likely N-dealkylation sites (tertiary alicyclic amines) is 1. The molecule has 172 valence electrons. The van der Waals surface area contributed by atoms with Gasteiger partial charge in [0.05, 0.1) is 5.92 Å². The molecule has 1 amide bonds. The Kier molecular flexibility index (Phi) is 6.44. The Morgan fingerprint density at radius 2 is 1.91 bits per heavy atom. The zero-order valence-corrected chi connectivity index (χ0v) is 19.0. The summed E-state index contributed by atoms with van der Waals surface area (Å²) in [6.07, 6.45) is 0.843. The van der Waals surface area contributed by atoms with E-state index in [0.29, 0.717) is 35.9 Å². The van der Waals surface area contributed by atoms with Gasteiger partial charge in [-0.3, -0.25) is 19.0 Å². The second-order valence-electron chi connectivity index (χ2n) is 8.42. The Labute approximate surface area is 192 Å². The number of ether oxygens (including phenoxy) is 1. The van der Waals surface area contributed by atoms with E-state index >= 15 is 0 Å². The van der Waals surface area contributed by atoms with E-state index in [1.165, 1.54) is 0 Å². The molecule has 0 radical (unpaired) electrons. The van der Waals surface area contributed by atoms with Crippen LogP contribution in [0.1, 0.15) is 39.5 Å². The highest BCUT2D eigenvalue weighted by molar-refractivity contribution is 5.99. The van der Waals surface area contributed by atoms with Crippen molar-refractivity contribution < 1.29 is 23.6 Å². The molecule has 1 aliphatic rings. The number of aryl methyl sites for hydroxylation is 2. The summed E-state index contributed by atoms with van der Waals surface area (Å²) in [5.74, 6) is -0.160. The summed E-state index contributed by atoms with van der Waals surface area (Å²) in [6, 6.07) is 13.4. The Morgan fingerprint density at radius 1 is 1.15 bits per heavy atom. The molecule has 1 unspecified atom stereocenters. The van der Waals surface area contributed by atoms with Gasteiger partial charge >= 0.3 is 5.97 Å². The number of carbonyl (C=O) groups is 3. The number of rotatable bonds is 8. The zero-order valence-electron chi connectivity index (χ0n) is 19.0. The number of esters is 1. The van der Waals surface area contributed by atoms with E-state index in [4.69, 9.17) is 9.26 Å². The lowest BCUT2D eigenvalue weighted by Crippen LogP contribution is -2.29. The molecular formula is C25H27N3O5. The van der Waals surface area contributed by atoms with E-state index < -0.39 is 11.9 Å². The number of carbonyl (C=O) groups excluding carboxylic acids is 3. The summed E-state index contributed by atoms with van der Waals surface area (Å²) in [6.45, 7) is 5.99. The van der Waals surface area contributed by atoms with Gasteiger partial charge in [-0.1, -0.05) is 35.5 Å². The Hall–Kier alpha value is -3.68. The first-order chi connectivity index (χ1) is 15.8. The van der Waals surface area contributed by atoms with Crippen molar-refractivity contribution in [3.05, 3.63) is 70.7 Å². The molecule has 4 rings (SSSR count). The van der Waals surface area contributed by atoms with Gasteiger partial charge in [0.15, 0.2) is 12.4 Å². The van der Waals surface area contributed by atoms with Crippen molar-refractivity contribution in [3.63, 3.8) is 0 Å². The smallest absolute Gasteiger partial charge is 0.311 e. The van der Waals surface area contributed by atoms with Gasteiger partial charge in [0.1, 0.15) is 5.76 Å². The third-order valence-electron chi connectivity index (χ3n) is 5.98. The van der Waals surface area contributed by atoms with E-state index in [0.717, 1.165) is 17.7 Å². The first-order valence-corrected chi connectivity index (χ1v) is 11.0. The molecule has 8 nitrogen and oxygen atoms in total. The molecule has 0 bridgehead atoms. The van der Waals surface area contributed by atoms with Crippen LogP contribution < -0.4 is 0 Å². The van der Waals surface area contributed by atoms with Crippen LogP contribution in [0, 0.1) is 26.7 Å². The van der Waals surface area contributed by atoms with Gasteiger partial charge in [-0.2, -0.15) is 0 Å². The fraction of sp³-hybridized carbons (Fsp3) is 0.360. The Balaban J connectivity index is 1.32. The minimum atomic E-state index is -0.549. The third-order valence-corrected chi connectivity index (χ3v) is 5.98. The van der Waals surface area contributed by atoms with Gasteiger partial charge in [0.2, 0.25) is 11.7 Å². The van der Waals surface area contributed by atoms with Crippen LogP contribution in [-0.4, -0.2) is 52.0 Å². The number of aromatic nitrogens is 2.